The number of aldehydes is 1. The molecule has 0 atom stereocenters. The molecule has 2 aromatic rings. The van der Waals surface area contributed by atoms with Gasteiger partial charge in [0, 0.05) is 20.9 Å². The van der Waals surface area contributed by atoms with Crippen molar-refractivity contribution in [2.24, 2.45) is 0 Å². The lowest BCUT2D eigenvalue weighted by Gasteiger charge is -2.16. The van der Waals surface area contributed by atoms with Crippen LogP contribution in [0.4, 0.5) is 0 Å². The molecule has 0 aliphatic carbocycles. The molecule has 1 N–H and O–H groups in total. The van der Waals surface area contributed by atoms with Gasteiger partial charge in [-0.1, -0.05) is 19.6 Å². The molecule has 2 aromatic heterocycles. The van der Waals surface area contributed by atoms with Crippen molar-refractivity contribution in [3.8, 4) is 0 Å². The molecular formula is C14H20N2O3Si. The van der Waals surface area contributed by atoms with Crippen LogP contribution in [0.1, 0.15) is 10.5 Å². The van der Waals surface area contributed by atoms with Crippen LogP contribution in [0.15, 0.2) is 23.1 Å². The Bertz CT molecular complexity index is 667. The highest BCUT2D eigenvalue weighted by atomic mass is 28.3. The van der Waals surface area contributed by atoms with E-state index in [4.69, 9.17) is 4.74 Å². The average molecular weight is 292 g/mol. The maximum absolute atomic E-state index is 11.7. The van der Waals surface area contributed by atoms with E-state index in [0.29, 0.717) is 24.4 Å². The molecule has 0 radical (unpaired) electrons. The Morgan fingerprint density at radius 1 is 1.40 bits per heavy atom. The van der Waals surface area contributed by atoms with E-state index < -0.39 is 8.07 Å². The van der Waals surface area contributed by atoms with Gasteiger partial charge in [-0.05, 0) is 18.2 Å². The zero-order valence-electron chi connectivity index (χ0n) is 12.1. The predicted octanol–water partition coefficient (Wildman–Crippen LogP) is 2.45. The highest BCUT2D eigenvalue weighted by Gasteiger charge is 2.13. The number of aromatic amines is 1. The molecule has 5 nitrogen and oxygen atoms in total. The summed E-state index contributed by atoms with van der Waals surface area (Å²) in [6, 6.07) is 4.46. The van der Waals surface area contributed by atoms with Gasteiger partial charge in [0.15, 0.2) is 6.29 Å². The van der Waals surface area contributed by atoms with Gasteiger partial charge in [0.2, 0.25) is 0 Å². The number of rotatable bonds is 6. The summed E-state index contributed by atoms with van der Waals surface area (Å²) in [5.74, 6) is 0. The zero-order valence-corrected chi connectivity index (χ0v) is 13.1. The number of carbonyl (C=O) groups is 1. The summed E-state index contributed by atoms with van der Waals surface area (Å²) in [5.41, 5.74) is 1.00. The minimum absolute atomic E-state index is 0.188. The molecule has 0 saturated carbocycles. The summed E-state index contributed by atoms with van der Waals surface area (Å²) in [6.45, 7) is 7.84. The summed E-state index contributed by atoms with van der Waals surface area (Å²) >= 11 is 0. The number of ether oxygens (including phenoxy) is 1. The van der Waals surface area contributed by atoms with Crippen LogP contribution in [0.2, 0.25) is 25.7 Å². The normalized spacial score (nSPS) is 11.9. The first-order chi connectivity index (χ1) is 9.42. The largest absolute Gasteiger partial charge is 0.361 e. The standard InChI is InChI=1S/C14H20N2O3Si/c1-20(2,3)7-6-19-10-16-11(9-17)8-12-13(16)4-5-15-14(12)18/h4-5,8-9H,6-7,10H2,1-3H3,(H,15,18). The second-order valence-corrected chi connectivity index (χ2v) is 11.7. The Hall–Kier alpha value is -1.66. The lowest BCUT2D eigenvalue weighted by molar-refractivity contribution is 0.0863. The van der Waals surface area contributed by atoms with Crippen LogP contribution in [0.3, 0.4) is 0 Å². The number of nitrogens with zero attached hydrogens (tertiary/aromatic N) is 1. The third kappa shape index (κ3) is 3.26. The Kier molecular flexibility index (Phi) is 4.25. The van der Waals surface area contributed by atoms with Crippen molar-refractivity contribution in [2.75, 3.05) is 6.61 Å². The van der Waals surface area contributed by atoms with Gasteiger partial charge in [-0.2, -0.15) is 0 Å². The third-order valence-electron chi connectivity index (χ3n) is 3.21. The van der Waals surface area contributed by atoms with E-state index in [1.807, 2.05) is 0 Å². The van der Waals surface area contributed by atoms with Crippen LogP contribution < -0.4 is 5.56 Å². The van der Waals surface area contributed by atoms with Crippen molar-refractivity contribution >= 4 is 25.3 Å². The SMILES string of the molecule is C[Si](C)(C)CCOCn1c(C=O)cc2c(=O)[nH]ccc21. The molecule has 0 spiro atoms. The number of H-pyrrole nitrogens is 1. The lowest BCUT2D eigenvalue weighted by atomic mass is 10.3. The number of fused-ring (bicyclic) bond motifs is 1. The molecule has 108 valence electrons. The summed E-state index contributed by atoms with van der Waals surface area (Å²) in [7, 11) is -1.12. The predicted molar refractivity (Wildman–Crippen MR) is 82.1 cm³/mol. The van der Waals surface area contributed by atoms with Gasteiger partial charge in [-0.25, -0.2) is 0 Å². The van der Waals surface area contributed by atoms with Crippen LogP contribution in [0, 0.1) is 0 Å². The van der Waals surface area contributed by atoms with Crippen molar-refractivity contribution in [3.63, 3.8) is 0 Å². The molecule has 2 heterocycles. The molecule has 6 heteroatoms. The third-order valence-corrected chi connectivity index (χ3v) is 4.91. The molecule has 0 saturated heterocycles. The topological polar surface area (TPSA) is 64.1 Å². The fourth-order valence-corrected chi connectivity index (χ4v) is 2.75. The first-order valence-electron chi connectivity index (χ1n) is 6.66. The molecule has 2 rings (SSSR count). The van der Waals surface area contributed by atoms with Gasteiger partial charge < -0.3 is 14.3 Å². The molecule has 0 aliphatic heterocycles. The summed E-state index contributed by atoms with van der Waals surface area (Å²) in [6.07, 6.45) is 2.33. The molecule has 0 amide bonds. The van der Waals surface area contributed by atoms with E-state index in [0.717, 1.165) is 17.8 Å². The quantitative estimate of drug-likeness (QED) is 0.505. The van der Waals surface area contributed by atoms with E-state index in [1.165, 1.54) is 0 Å². The highest BCUT2D eigenvalue weighted by molar-refractivity contribution is 6.76. The smallest absolute Gasteiger partial charge is 0.257 e. The Balaban J connectivity index is 2.19. The summed E-state index contributed by atoms with van der Waals surface area (Å²) in [4.78, 5) is 25.4. The van der Waals surface area contributed by atoms with Crippen molar-refractivity contribution in [2.45, 2.75) is 32.4 Å². The summed E-state index contributed by atoms with van der Waals surface area (Å²) < 4.78 is 7.41. The maximum Gasteiger partial charge on any atom is 0.257 e. The lowest BCUT2D eigenvalue weighted by Crippen LogP contribution is -2.22. The Morgan fingerprint density at radius 2 is 2.15 bits per heavy atom. The van der Waals surface area contributed by atoms with Crippen molar-refractivity contribution in [1.82, 2.24) is 9.55 Å². The van der Waals surface area contributed by atoms with E-state index in [1.54, 1.807) is 22.9 Å². The number of pyridine rings is 1. The molecule has 0 bridgehead atoms. The minimum atomic E-state index is -1.12. The fraction of sp³-hybridized carbons (Fsp3) is 0.429. The van der Waals surface area contributed by atoms with E-state index in [9.17, 15) is 9.59 Å². The maximum atomic E-state index is 11.7. The average Bonchev–Trinajstić information content (AvgIpc) is 2.73. The molecule has 0 aliphatic rings. The second-order valence-electron chi connectivity index (χ2n) is 6.07. The van der Waals surface area contributed by atoms with Crippen LogP contribution >= 0.6 is 0 Å². The van der Waals surface area contributed by atoms with Gasteiger partial charge >= 0.3 is 0 Å². The second kappa shape index (κ2) is 5.76. The minimum Gasteiger partial charge on any atom is -0.361 e. The van der Waals surface area contributed by atoms with Gasteiger partial charge in [-0.15, -0.1) is 0 Å². The van der Waals surface area contributed by atoms with Crippen molar-refractivity contribution in [1.29, 1.82) is 0 Å². The first-order valence-corrected chi connectivity index (χ1v) is 10.4. The number of aromatic nitrogens is 2. The molecule has 0 fully saturated rings. The molecular weight excluding hydrogens is 272 g/mol. The number of hydrogen-bond donors (Lipinski definition) is 1. The van der Waals surface area contributed by atoms with Gasteiger partial charge in [0.25, 0.3) is 5.56 Å². The van der Waals surface area contributed by atoms with E-state index >= 15 is 0 Å². The first kappa shape index (κ1) is 14.7. The van der Waals surface area contributed by atoms with Gasteiger partial charge in [0.05, 0.1) is 16.6 Å². The van der Waals surface area contributed by atoms with E-state index in [-0.39, 0.29) is 5.56 Å². The zero-order chi connectivity index (χ0) is 14.8. The monoisotopic (exact) mass is 292 g/mol. The van der Waals surface area contributed by atoms with Gasteiger partial charge in [-0.3, -0.25) is 9.59 Å². The van der Waals surface area contributed by atoms with Crippen LogP contribution in [0.25, 0.3) is 10.9 Å². The molecule has 0 aromatic carbocycles. The van der Waals surface area contributed by atoms with Gasteiger partial charge in [0.1, 0.15) is 6.73 Å². The van der Waals surface area contributed by atoms with Crippen LogP contribution in [0.5, 0.6) is 0 Å². The Labute approximate surface area is 118 Å². The van der Waals surface area contributed by atoms with Crippen molar-refractivity contribution in [3.05, 3.63) is 34.4 Å². The summed E-state index contributed by atoms with van der Waals surface area (Å²) in [5, 5.41) is 0.517. The number of hydrogen-bond acceptors (Lipinski definition) is 3. The molecule has 0 unspecified atom stereocenters. The molecule has 20 heavy (non-hydrogen) atoms. The Morgan fingerprint density at radius 3 is 2.80 bits per heavy atom. The van der Waals surface area contributed by atoms with Crippen LogP contribution in [-0.4, -0.2) is 30.5 Å². The number of nitrogens with one attached hydrogen (secondary N) is 1. The highest BCUT2D eigenvalue weighted by Crippen LogP contribution is 2.15. The number of carbonyl (C=O) groups excluding carboxylic acids is 1. The van der Waals surface area contributed by atoms with Crippen molar-refractivity contribution < 1.29 is 9.53 Å². The van der Waals surface area contributed by atoms with Crippen LogP contribution in [-0.2, 0) is 11.5 Å². The fourth-order valence-electron chi connectivity index (χ4n) is 2.00. The van der Waals surface area contributed by atoms with E-state index in [2.05, 4.69) is 24.6 Å².